The Hall–Kier alpha value is -0.820. The van der Waals surface area contributed by atoms with E-state index in [1.165, 1.54) is 0 Å². The molecular weight excluding hydrogens is 184 g/mol. The first-order chi connectivity index (χ1) is 6.02. The average molecular weight is 197 g/mol. The molecule has 0 spiro atoms. The van der Waals surface area contributed by atoms with Gasteiger partial charge in [-0.15, -0.1) is 0 Å². The lowest BCUT2D eigenvalue weighted by Crippen LogP contribution is -1.96. The van der Waals surface area contributed by atoms with Crippen LogP contribution in [0.1, 0.15) is 42.6 Å². The van der Waals surface area contributed by atoms with Crippen LogP contribution < -0.4 is 0 Å². The zero-order valence-electron chi connectivity index (χ0n) is 8.10. The summed E-state index contributed by atoms with van der Waals surface area (Å²) >= 11 is 5.98. The molecule has 0 amide bonds. The number of carbonyl (C=O) groups excluding carboxylic acids is 1. The van der Waals surface area contributed by atoms with Crippen molar-refractivity contribution in [3.63, 3.8) is 0 Å². The number of ketones is 1. The highest BCUT2D eigenvalue weighted by molar-refractivity contribution is 6.31. The van der Waals surface area contributed by atoms with Crippen molar-refractivity contribution >= 4 is 17.4 Å². The number of hydrogen-bond acceptors (Lipinski definition) is 1. The highest BCUT2D eigenvalue weighted by Gasteiger charge is 2.07. The molecule has 13 heavy (non-hydrogen) atoms. The Bertz CT molecular complexity index is 329. The minimum atomic E-state index is 0.0820. The van der Waals surface area contributed by atoms with E-state index in [1.807, 2.05) is 6.07 Å². The molecule has 1 aromatic rings. The predicted octanol–water partition coefficient (Wildman–Crippen LogP) is 3.67. The molecule has 0 aliphatic carbocycles. The van der Waals surface area contributed by atoms with Gasteiger partial charge in [0, 0.05) is 10.6 Å². The summed E-state index contributed by atoms with van der Waals surface area (Å²) in [5, 5.41) is 0.736. The summed E-state index contributed by atoms with van der Waals surface area (Å²) in [7, 11) is 0. The second kappa shape index (κ2) is 3.93. The van der Waals surface area contributed by atoms with Crippen LogP contribution >= 0.6 is 11.6 Å². The molecule has 0 atom stereocenters. The van der Waals surface area contributed by atoms with E-state index >= 15 is 0 Å². The summed E-state index contributed by atoms with van der Waals surface area (Å²) in [4.78, 5) is 11.1. The summed E-state index contributed by atoms with van der Waals surface area (Å²) in [5.74, 6) is 0.436. The monoisotopic (exact) mass is 196 g/mol. The Labute approximate surface area is 83.7 Å². The maximum atomic E-state index is 11.1. The molecular formula is C11H13ClO. The van der Waals surface area contributed by atoms with Crippen LogP contribution in [0.4, 0.5) is 0 Å². The van der Waals surface area contributed by atoms with Crippen LogP contribution in [0, 0.1) is 0 Å². The summed E-state index contributed by atoms with van der Waals surface area (Å²) in [6.07, 6.45) is 0. The SMILES string of the molecule is CC(=O)c1ccc(Cl)c(C(C)C)c1. The van der Waals surface area contributed by atoms with Crippen molar-refractivity contribution in [2.24, 2.45) is 0 Å². The number of rotatable bonds is 2. The van der Waals surface area contributed by atoms with Gasteiger partial charge in [-0.25, -0.2) is 0 Å². The highest BCUT2D eigenvalue weighted by atomic mass is 35.5. The minimum absolute atomic E-state index is 0.0820. The van der Waals surface area contributed by atoms with Crippen LogP contribution in [0.3, 0.4) is 0 Å². The van der Waals surface area contributed by atoms with Crippen LogP contribution in [-0.4, -0.2) is 5.78 Å². The van der Waals surface area contributed by atoms with E-state index in [4.69, 9.17) is 11.6 Å². The molecule has 1 nitrogen and oxygen atoms in total. The summed E-state index contributed by atoms with van der Waals surface area (Å²) in [6.45, 7) is 5.68. The van der Waals surface area contributed by atoms with Crippen molar-refractivity contribution in [2.75, 3.05) is 0 Å². The number of benzene rings is 1. The number of halogens is 1. The minimum Gasteiger partial charge on any atom is -0.295 e. The molecule has 0 heterocycles. The topological polar surface area (TPSA) is 17.1 Å². The van der Waals surface area contributed by atoms with Crippen molar-refractivity contribution in [1.29, 1.82) is 0 Å². The van der Waals surface area contributed by atoms with Gasteiger partial charge >= 0.3 is 0 Å². The molecule has 70 valence electrons. The first-order valence-electron chi connectivity index (χ1n) is 4.32. The molecule has 2 heteroatoms. The standard InChI is InChI=1S/C11H13ClO/c1-7(2)10-6-9(8(3)13)4-5-11(10)12/h4-7H,1-3H3. The third kappa shape index (κ3) is 2.31. The van der Waals surface area contributed by atoms with Crippen LogP contribution in [0.5, 0.6) is 0 Å². The zero-order valence-corrected chi connectivity index (χ0v) is 8.85. The lowest BCUT2D eigenvalue weighted by molar-refractivity contribution is 0.101. The first-order valence-corrected chi connectivity index (χ1v) is 4.70. The maximum absolute atomic E-state index is 11.1. The zero-order chi connectivity index (χ0) is 10.0. The molecule has 0 fully saturated rings. The maximum Gasteiger partial charge on any atom is 0.159 e. The largest absolute Gasteiger partial charge is 0.295 e. The van der Waals surface area contributed by atoms with E-state index in [0.29, 0.717) is 5.92 Å². The molecule has 0 aliphatic rings. The molecule has 0 N–H and O–H groups in total. The number of carbonyl (C=O) groups is 1. The summed E-state index contributed by atoms with van der Waals surface area (Å²) in [5.41, 5.74) is 1.77. The predicted molar refractivity (Wildman–Crippen MR) is 55.5 cm³/mol. The molecule has 0 saturated heterocycles. The Balaban J connectivity index is 3.19. The van der Waals surface area contributed by atoms with Crippen molar-refractivity contribution in [3.05, 3.63) is 34.3 Å². The van der Waals surface area contributed by atoms with Gasteiger partial charge in [0.1, 0.15) is 0 Å². The molecule has 0 unspecified atom stereocenters. The molecule has 0 aliphatic heterocycles. The average Bonchev–Trinajstić information content (AvgIpc) is 2.04. The second-order valence-corrected chi connectivity index (χ2v) is 3.85. The van der Waals surface area contributed by atoms with Crippen LogP contribution in [0.25, 0.3) is 0 Å². The first kappa shape index (κ1) is 10.3. The Morgan fingerprint density at radius 1 is 1.38 bits per heavy atom. The Kier molecular flexibility index (Phi) is 3.10. The van der Waals surface area contributed by atoms with Gasteiger partial charge in [-0.2, -0.15) is 0 Å². The van der Waals surface area contributed by atoms with Crippen molar-refractivity contribution < 1.29 is 4.79 Å². The van der Waals surface area contributed by atoms with Crippen LogP contribution in [0.2, 0.25) is 5.02 Å². The smallest absolute Gasteiger partial charge is 0.159 e. The third-order valence-electron chi connectivity index (χ3n) is 2.02. The molecule has 0 saturated carbocycles. The van der Waals surface area contributed by atoms with Gasteiger partial charge in [0.05, 0.1) is 0 Å². The fourth-order valence-electron chi connectivity index (χ4n) is 1.21. The van der Waals surface area contributed by atoms with E-state index in [9.17, 15) is 4.79 Å². The van der Waals surface area contributed by atoms with Gasteiger partial charge in [0.15, 0.2) is 5.78 Å². The van der Waals surface area contributed by atoms with Gasteiger partial charge < -0.3 is 0 Å². The van der Waals surface area contributed by atoms with Crippen molar-refractivity contribution in [1.82, 2.24) is 0 Å². The number of hydrogen-bond donors (Lipinski definition) is 0. The van der Waals surface area contributed by atoms with E-state index in [1.54, 1.807) is 19.1 Å². The van der Waals surface area contributed by atoms with E-state index in [0.717, 1.165) is 16.1 Å². The molecule has 1 rings (SSSR count). The third-order valence-corrected chi connectivity index (χ3v) is 2.37. The van der Waals surface area contributed by atoms with E-state index in [-0.39, 0.29) is 5.78 Å². The van der Waals surface area contributed by atoms with Crippen LogP contribution in [0.15, 0.2) is 18.2 Å². The fraction of sp³-hybridized carbons (Fsp3) is 0.364. The highest BCUT2D eigenvalue weighted by Crippen LogP contribution is 2.25. The quantitative estimate of drug-likeness (QED) is 0.660. The van der Waals surface area contributed by atoms with Gasteiger partial charge in [-0.3, -0.25) is 4.79 Å². The molecule has 0 aromatic heterocycles. The van der Waals surface area contributed by atoms with Crippen LogP contribution in [-0.2, 0) is 0 Å². The van der Waals surface area contributed by atoms with E-state index < -0.39 is 0 Å². The van der Waals surface area contributed by atoms with Gasteiger partial charge in [-0.1, -0.05) is 25.4 Å². The second-order valence-electron chi connectivity index (χ2n) is 3.45. The lowest BCUT2D eigenvalue weighted by Gasteiger charge is -2.08. The van der Waals surface area contributed by atoms with Gasteiger partial charge in [0.2, 0.25) is 0 Å². The van der Waals surface area contributed by atoms with Crippen molar-refractivity contribution in [3.8, 4) is 0 Å². The fourth-order valence-corrected chi connectivity index (χ4v) is 1.54. The Morgan fingerprint density at radius 2 is 2.00 bits per heavy atom. The van der Waals surface area contributed by atoms with Gasteiger partial charge in [-0.05, 0) is 36.6 Å². The normalized spacial score (nSPS) is 10.5. The van der Waals surface area contributed by atoms with E-state index in [2.05, 4.69) is 13.8 Å². The molecule has 0 bridgehead atoms. The van der Waals surface area contributed by atoms with Crippen molar-refractivity contribution in [2.45, 2.75) is 26.7 Å². The molecule has 1 aromatic carbocycles. The Morgan fingerprint density at radius 3 is 2.46 bits per heavy atom. The van der Waals surface area contributed by atoms with Gasteiger partial charge in [0.25, 0.3) is 0 Å². The number of Topliss-reactive ketones (excluding diaryl/α,β-unsaturated/α-hetero) is 1. The lowest BCUT2D eigenvalue weighted by atomic mass is 9.99. The summed E-state index contributed by atoms with van der Waals surface area (Å²) in [6, 6.07) is 5.42. The molecule has 0 radical (unpaired) electrons. The summed E-state index contributed by atoms with van der Waals surface area (Å²) < 4.78 is 0.